The van der Waals surface area contributed by atoms with Crippen LogP contribution in [0.4, 0.5) is 0 Å². The maximum absolute atomic E-state index is 5.69. The van der Waals surface area contributed by atoms with Crippen LogP contribution in [0.15, 0.2) is 0 Å². The Hall–Kier alpha value is -0.0800. The maximum Gasteiger partial charge on any atom is 0.0622 e. The number of hydrogen-bond donors (Lipinski definition) is 1. The third kappa shape index (κ3) is 8.88. The third-order valence-electron chi connectivity index (χ3n) is 2.71. The van der Waals surface area contributed by atoms with Crippen LogP contribution in [-0.2, 0) is 4.74 Å². The summed E-state index contributed by atoms with van der Waals surface area (Å²) in [6.45, 7) is 11.7. The number of hydrogen-bond acceptors (Lipinski definition) is 2. The monoisotopic (exact) mass is 215 g/mol. The molecule has 0 aromatic carbocycles. The number of unbranched alkanes of at least 4 members (excludes halogenated alkanes) is 3. The smallest absolute Gasteiger partial charge is 0.0622 e. The van der Waals surface area contributed by atoms with E-state index in [-0.39, 0.29) is 0 Å². The fourth-order valence-corrected chi connectivity index (χ4v) is 1.59. The summed E-state index contributed by atoms with van der Waals surface area (Å²) in [6.07, 6.45) is 5.16. The van der Waals surface area contributed by atoms with Crippen molar-refractivity contribution in [3.63, 3.8) is 0 Å². The molecule has 0 fully saturated rings. The minimum Gasteiger partial charge on any atom is -0.380 e. The molecule has 15 heavy (non-hydrogen) atoms. The van der Waals surface area contributed by atoms with Crippen LogP contribution in [-0.4, -0.2) is 25.8 Å². The van der Waals surface area contributed by atoms with Crippen molar-refractivity contribution >= 4 is 0 Å². The summed E-state index contributed by atoms with van der Waals surface area (Å²) in [5.41, 5.74) is 0. The van der Waals surface area contributed by atoms with Crippen LogP contribution in [0.2, 0.25) is 0 Å². The number of likely N-dealkylation sites (N-methyl/N-ethyl adjacent to an activating group) is 1. The van der Waals surface area contributed by atoms with E-state index >= 15 is 0 Å². The molecule has 1 N–H and O–H groups in total. The van der Waals surface area contributed by atoms with Gasteiger partial charge in [-0.3, -0.25) is 0 Å². The summed E-state index contributed by atoms with van der Waals surface area (Å²) in [6, 6.07) is 0.515. The highest BCUT2D eigenvalue weighted by molar-refractivity contribution is 4.68. The predicted molar refractivity (Wildman–Crippen MR) is 67.3 cm³/mol. The van der Waals surface area contributed by atoms with Gasteiger partial charge in [0.1, 0.15) is 0 Å². The van der Waals surface area contributed by atoms with Crippen LogP contribution in [0.5, 0.6) is 0 Å². The first kappa shape index (κ1) is 14.9. The Morgan fingerprint density at radius 3 is 2.33 bits per heavy atom. The van der Waals surface area contributed by atoms with Gasteiger partial charge >= 0.3 is 0 Å². The summed E-state index contributed by atoms with van der Waals surface area (Å²) in [5, 5.41) is 3.46. The molecule has 1 atom stereocenters. The fourth-order valence-electron chi connectivity index (χ4n) is 1.59. The lowest BCUT2D eigenvalue weighted by atomic mass is 10.1. The van der Waals surface area contributed by atoms with E-state index in [1.807, 2.05) is 0 Å². The van der Waals surface area contributed by atoms with Gasteiger partial charge in [0, 0.05) is 12.6 Å². The molecule has 0 rings (SSSR count). The highest BCUT2D eigenvalue weighted by Crippen LogP contribution is 2.03. The first-order chi connectivity index (χ1) is 7.22. The number of rotatable bonds is 10. The van der Waals surface area contributed by atoms with Gasteiger partial charge < -0.3 is 10.1 Å². The van der Waals surface area contributed by atoms with Crippen molar-refractivity contribution in [3.8, 4) is 0 Å². The van der Waals surface area contributed by atoms with Crippen molar-refractivity contribution in [2.45, 2.75) is 59.4 Å². The van der Waals surface area contributed by atoms with Crippen LogP contribution in [0.1, 0.15) is 53.4 Å². The molecule has 0 saturated heterocycles. The molecule has 0 saturated carbocycles. The van der Waals surface area contributed by atoms with Crippen molar-refractivity contribution in [3.05, 3.63) is 0 Å². The molecule has 0 aliphatic rings. The molecule has 0 heterocycles. The van der Waals surface area contributed by atoms with Crippen molar-refractivity contribution in [2.75, 3.05) is 19.8 Å². The minimum atomic E-state index is 0.515. The molecule has 0 aliphatic carbocycles. The second kappa shape index (κ2) is 10.4. The van der Waals surface area contributed by atoms with Crippen LogP contribution >= 0.6 is 0 Å². The van der Waals surface area contributed by atoms with Gasteiger partial charge in [0.15, 0.2) is 0 Å². The summed E-state index contributed by atoms with van der Waals surface area (Å²) in [7, 11) is 0. The van der Waals surface area contributed by atoms with Gasteiger partial charge in [-0.25, -0.2) is 0 Å². The lowest BCUT2D eigenvalue weighted by molar-refractivity contribution is 0.0954. The largest absolute Gasteiger partial charge is 0.380 e. The van der Waals surface area contributed by atoms with Gasteiger partial charge in [0.05, 0.1) is 6.61 Å². The second-order valence-corrected chi connectivity index (χ2v) is 4.54. The average molecular weight is 215 g/mol. The van der Waals surface area contributed by atoms with E-state index in [0.717, 1.165) is 19.8 Å². The molecule has 92 valence electrons. The molecule has 0 amide bonds. The summed E-state index contributed by atoms with van der Waals surface area (Å²) in [4.78, 5) is 0. The molecule has 0 bridgehead atoms. The maximum atomic E-state index is 5.69. The molecule has 2 heteroatoms. The highest BCUT2D eigenvalue weighted by atomic mass is 16.5. The van der Waals surface area contributed by atoms with Gasteiger partial charge in [0.25, 0.3) is 0 Å². The topological polar surface area (TPSA) is 21.3 Å². The van der Waals surface area contributed by atoms with E-state index in [1.54, 1.807) is 0 Å². The zero-order chi connectivity index (χ0) is 11.5. The Morgan fingerprint density at radius 2 is 1.80 bits per heavy atom. The molecule has 2 nitrogen and oxygen atoms in total. The van der Waals surface area contributed by atoms with E-state index in [9.17, 15) is 0 Å². The van der Waals surface area contributed by atoms with Crippen molar-refractivity contribution < 1.29 is 4.74 Å². The zero-order valence-electron chi connectivity index (χ0n) is 11.0. The zero-order valence-corrected chi connectivity index (χ0v) is 11.0. The molecule has 0 aromatic heterocycles. The normalized spacial score (nSPS) is 13.4. The van der Waals surface area contributed by atoms with Gasteiger partial charge in [0.2, 0.25) is 0 Å². The van der Waals surface area contributed by atoms with E-state index < -0.39 is 0 Å². The first-order valence-corrected chi connectivity index (χ1v) is 6.53. The van der Waals surface area contributed by atoms with Crippen molar-refractivity contribution in [1.29, 1.82) is 0 Å². The molecule has 0 spiro atoms. The Morgan fingerprint density at radius 1 is 1.07 bits per heavy atom. The van der Waals surface area contributed by atoms with Gasteiger partial charge in [-0.05, 0) is 18.9 Å². The molecular formula is C13H29NO. The Balaban J connectivity index is 3.37. The summed E-state index contributed by atoms with van der Waals surface area (Å²) in [5.74, 6) is 0.653. The standard InChI is InChI=1S/C13H29NO/c1-5-7-8-9-10-15-11-13(12(3)4)14-6-2/h12-14H,5-11H2,1-4H3. The minimum absolute atomic E-state index is 0.515. The number of nitrogens with one attached hydrogen (secondary N) is 1. The Kier molecular flexibility index (Phi) is 10.4. The quantitative estimate of drug-likeness (QED) is 0.565. The molecule has 0 aliphatic heterocycles. The molecule has 1 unspecified atom stereocenters. The van der Waals surface area contributed by atoms with Crippen LogP contribution < -0.4 is 5.32 Å². The van der Waals surface area contributed by atoms with Crippen LogP contribution in [0.3, 0.4) is 0 Å². The second-order valence-electron chi connectivity index (χ2n) is 4.54. The Labute approximate surface area is 95.8 Å². The molecule has 0 radical (unpaired) electrons. The van der Waals surface area contributed by atoms with Crippen molar-refractivity contribution in [1.82, 2.24) is 5.32 Å². The van der Waals surface area contributed by atoms with Gasteiger partial charge in [-0.15, -0.1) is 0 Å². The van der Waals surface area contributed by atoms with Crippen molar-refractivity contribution in [2.24, 2.45) is 5.92 Å². The van der Waals surface area contributed by atoms with E-state index in [4.69, 9.17) is 4.74 Å². The van der Waals surface area contributed by atoms with Gasteiger partial charge in [-0.1, -0.05) is 47.0 Å². The predicted octanol–water partition coefficient (Wildman–Crippen LogP) is 3.22. The van der Waals surface area contributed by atoms with Gasteiger partial charge in [-0.2, -0.15) is 0 Å². The Bertz CT molecular complexity index is 126. The van der Waals surface area contributed by atoms with Crippen LogP contribution in [0, 0.1) is 5.92 Å². The highest BCUT2D eigenvalue weighted by Gasteiger charge is 2.11. The van der Waals surface area contributed by atoms with E-state index in [0.29, 0.717) is 12.0 Å². The SMILES string of the molecule is CCCCCCOCC(NCC)C(C)C. The number of ether oxygens (including phenoxy) is 1. The molecular weight excluding hydrogens is 186 g/mol. The summed E-state index contributed by atoms with van der Waals surface area (Å²) >= 11 is 0. The first-order valence-electron chi connectivity index (χ1n) is 6.53. The summed E-state index contributed by atoms with van der Waals surface area (Å²) < 4.78 is 5.69. The fraction of sp³-hybridized carbons (Fsp3) is 1.00. The van der Waals surface area contributed by atoms with E-state index in [1.165, 1.54) is 25.7 Å². The van der Waals surface area contributed by atoms with E-state index in [2.05, 4.69) is 33.0 Å². The average Bonchev–Trinajstić information content (AvgIpc) is 2.21. The molecule has 0 aromatic rings. The lowest BCUT2D eigenvalue weighted by Crippen LogP contribution is -2.37. The third-order valence-corrected chi connectivity index (χ3v) is 2.71. The van der Waals surface area contributed by atoms with Crippen LogP contribution in [0.25, 0.3) is 0 Å². The lowest BCUT2D eigenvalue weighted by Gasteiger charge is -2.21.